The number of benzene rings is 2. The van der Waals surface area contributed by atoms with Gasteiger partial charge in [0.25, 0.3) is 11.8 Å². The fourth-order valence-electron chi connectivity index (χ4n) is 7.67. The number of aromatic nitrogens is 4. The van der Waals surface area contributed by atoms with Crippen LogP contribution >= 0.6 is 0 Å². The molecule has 2 aromatic carbocycles. The van der Waals surface area contributed by atoms with Crippen LogP contribution in [0.2, 0.25) is 0 Å². The topological polar surface area (TPSA) is 164 Å². The van der Waals surface area contributed by atoms with E-state index >= 15 is 0 Å². The first-order chi connectivity index (χ1) is 28.7. The number of ether oxygens (including phenoxy) is 4. The van der Waals surface area contributed by atoms with Crippen LogP contribution in [0.3, 0.4) is 0 Å². The third kappa shape index (κ3) is 7.44. The lowest BCUT2D eigenvalue weighted by Crippen LogP contribution is -2.54. The second-order valence-electron chi connectivity index (χ2n) is 14.7. The molecule has 0 bridgehead atoms. The molecular weight excluding hydrogens is 753 g/mol. The van der Waals surface area contributed by atoms with Gasteiger partial charge in [-0.15, -0.1) is 0 Å². The molecule has 0 radical (unpaired) electrons. The van der Waals surface area contributed by atoms with E-state index in [1.807, 2.05) is 37.6 Å². The van der Waals surface area contributed by atoms with Crippen LogP contribution in [0.5, 0.6) is 17.4 Å². The number of hydrogen-bond donors (Lipinski definition) is 1. The van der Waals surface area contributed by atoms with Crippen molar-refractivity contribution in [3.05, 3.63) is 108 Å². The molecule has 1 saturated carbocycles. The summed E-state index contributed by atoms with van der Waals surface area (Å²) >= 11 is 0. The van der Waals surface area contributed by atoms with E-state index in [0.29, 0.717) is 23.1 Å². The second kappa shape index (κ2) is 15.7. The lowest BCUT2D eigenvalue weighted by atomic mass is 9.92. The molecule has 296 valence electrons. The van der Waals surface area contributed by atoms with E-state index in [0.717, 1.165) is 50.9 Å². The van der Waals surface area contributed by atoms with Crippen LogP contribution in [-0.4, -0.2) is 86.1 Å². The average molecular weight is 791 g/mol. The standard InChI is InChI=1S/C45H38N6O8/c1-26-18-28(27-5-9-34-37-25-46-14-13-38(37)50(2)40(34)19-27)23-48-43(26)59-33-20-32(21-33)58-31-7-6-29(47-24-31)4-3-15-56-16-17-57-30-8-10-35-36(22-30)45(55)51(44(35)54)39-11-12-41(52)49-42(39)53/h5-10,13-14,18-19,22-25,32-33,39H,11-12,15-17,20-21H2,1-2H3,(H,49,52,53)/t32-,33-,39?. The van der Waals surface area contributed by atoms with Gasteiger partial charge in [-0.25, -0.2) is 9.97 Å². The Morgan fingerprint density at radius 1 is 0.797 bits per heavy atom. The molecule has 1 atom stereocenters. The number of pyridine rings is 3. The van der Waals surface area contributed by atoms with E-state index < -0.39 is 29.7 Å². The summed E-state index contributed by atoms with van der Waals surface area (Å²) in [7, 11) is 2.08. The maximum Gasteiger partial charge on any atom is 0.262 e. The number of aryl methyl sites for hydroxylation is 2. The molecule has 2 aliphatic heterocycles. The third-order valence-electron chi connectivity index (χ3n) is 10.8. The number of carbonyl (C=O) groups excluding carboxylic acids is 4. The molecule has 9 rings (SSSR count). The molecule has 1 aliphatic carbocycles. The first-order valence-electron chi connectivity index (χ1n) is 19.3. The van der Waals surface area contributed by atoms with E-state index in [2.05, 4.69) is 68.0 Å². The van der Waals surface area contributed by atoms with Crippen molar-refractivity contribution in [2.24, 2.45) is 7.05 Å². The fraction of sp³-hybridized carbons (Fsp3) is 0.267. The number of hydrogen-bond acceptors (Lipinski definition) is 11. The van der Waals surface area contributed by atoms with Crippen molar-refractivity contribution in [1.29, 1.82) is 0 Å². The molecule has 0 spiro atoms. The number of rotatable bonds is 11. The minimum Gasteiger partial charge on any atom is -0.491 e. The molecule has 1 N–H and O–H groups in total. The van der Waals surface area contributed by atoms with Gasteiger partial charge in [0.1, 0.15) is 48.7 Å². The Labute approximate surface area is 338 Å². The van der Waals surface area contributed by atoms with Crippen LogP contribution in [0.25, 0.3) is 32.9 Å². The highest BCUT2D eigenvalue weighted by Gasteiger charge is 2.44. The van der Waals surface area contributed by atoms with Crippen LogP contribution in [0.4, 0.5) is 0 Å². The minimum absolute atomic E-state index is 0.0161. The van der Waals surface area contributed by atoms with E-state index in [4.69, 9.17) is 18.9 Å². The SMILES string of the molecule is Cc1cc(-c2ccc3c4cnccc4n(C)c3c2)cnc1O[C@H]1C[C@H](Oc2ccc(C#CCOCCOc3ccc4c(c3)C(=O)N(C3CCC(=O)NC3=O)C4=O)nc2)C1. The van der Waals surface area contributed by atoms with Crippen LogP contribution < -0.4 is 19.5 Å². The van der Waals surface area contributed by atoms with Crippen LogP contribution in [0.1, 0.15) is 57.7 Å². The zero-order valence-corrected chi connectivity index (χ0v) is 32.3. The summed E-state index contributed by atoms with van der Waals surface area (Å²) in [4.78, 5) is 64.0. The highest BCUT2D eigenvalue weighted by atomic mass is 16.5. The van der Waals surface area contributed by atoms with Crippen molar-refractivity contribution in [3.8, 4) is 40.3 Å². The highest BCUT2D eigenvalue weighted by molar-refractivity contribution is 6.23. The van der Waals surface area contributed by atoms with Gasteiger partial charge < -0.3 is 23.5 Å². The quantitative estimate of drug-likeness (QED) is 0.103. The molecule has 59 heavy (non-hydrogen) atoms. The monoisotopic (exact) mass is 790 g/mol. The summed E-state index contributed by atoms with van der Waals surface area (Å²) in [6, 6.07) is 17.8. The van der Waals surface area contributed by atoms with Gasteiger partial charge in [-0.3, -0.25) is 34.4 Å². The highest BCUT2D eigenvalue weighted by Crippen LogP contribution is 2.35. The van der Waals surface area contributed by atoms with Gasteiger partial charge >= 0.3 is 0 Å². The van der Waals surface area contributed by atoms with Gasteiger partial charge in [0.05, 0.1) is 29.4 Å². The van der Waals surface area contributed by atoms with Crippen molar-refractivity contribution in [2.45, 2.75) is 50.9 Å². The van der Waals surface area contributed by atoms with Crippen molar-refractivity contribution in [2.75, 3.05) is 19.8 Å². The molecule has 4 amide bonds. The molecule has 1 unspecified atom stereocenters. The maximum atomic E-state index is 13.0. The van der Waals surface area contributed by atoms with Gasteiger partial charge in [0, 0.05) is 72.3 Å². The summed E-state index contributed by atoms with van der Waals surface area (Å²) in [5.74, 6) is 5.33. The van der Waals surface area contributed by atoms with Crippen LogP contribution in [-0.2, 0) is 21.4 Å². The van der Waals surface area contributed by atoms with Gasteiger partial charge in [0.2, 0.25) is 17.7 Å². The molecule has 2 fully saturated rings. The summed E-state index contributed by atoms with van der Waals surface area (Å²) in [6.07, 6.45) is 8.92. The third-order valence-corrected chi connectivity index (χ3v) is 10.8. The summed E-state index contributed by atoms with van der Waals surface area (Å²) in [5.41, 5.74) is 6.31. The number of nitrogens with one attached hydrogen (secondary N) is 1. The van der Waals surface area contributed by atoms with Crippen molar-refractivity contribution in [1.82, 2.24) is 29.7 Å². The van der Waals surface area contributed by atoms with Crippen LogP contribution in [0.15, 0.2) is 85.5 Å². The number of amides is 4. The van der Waals surface area contributed by atoms with Crippen molar-refractivity contribution < 1.29 is 38.1 Å². The molecule has 3 aliphatic rings. The van der Waals surface area contributed by atoms with Crippen molar-refractivity contribution >= 4 is 45.4 Å². The second-order valence-corrected chi connectivity index (χ2v) is 14.7. The summed E-state index contributed by atoms with van der Waals surface area (Å²) in [5, 5.41) is 4.50. The number of piperidine rings is 1. The zero-order chi connectivity index (χ0) is 40.6. The molecule has 14 nitrogen and oxygen atoms in total. The molecule has 4 aromatic heterocycles. The van der Waals surface area contributed by atoms with E-state index in [9.17, 15) is 19.2 Å². The Morgan fingerprint density at radius 2 is 1.63 bits per heavy atom. The van der Waals surface area contributed by atoms with Crippen LogP contribution in [0, 0.1) is 18.8 Å². The Hall–Kier alpha value is -7.11. The van der Waals surface area contributed by atoms with Crippen molar-refractivity contribution in [3.63, 3.8) is 0 Å². The number of nitrogens with zero attached hydrogens (tertiary/aromatic N) is 5. The van der Waals surface area contributed by atoms with Gasteiger partial charge in [-0.05, 0) is 73.4 Å². The summed E-state index contributed by atoms with van der Waals surface area (Å²) < 4.78 is 25.8. The van der Waals surface area contributed by atoms with Gasteiger partial charge in [-0.1, -0.05) is 18.1 Å². The van der Waals surface area contributed by atoms with E-state index in [1.165, 1.54) is 17.5 Å². The number of imide groups is 2. The first kappa shape index (κ1) is 37.5. The Morgan fingerprint density at radius 3 is 2.44 bits per heavy atom. The largest absolute Gasteiger partial charge is 0.491 e. The molecule has 14 heteroatoms. The lowest BCUT2D eigenvalue weighted by molar-refractivity contribution is -0.136. The lowest BCUT2D eigenvalue weighted by Gasteiger charge is -2.35. The molecular formula is C45H38N6O8. The number of fused-ring (bicyclic) bond motifs is 4. The Kier molecular flexibility index (Phi) is 9.95. The Balaban J connectivity index is 0.693. The maximum absolute atomic E-state index is 13.0. The first-order valence-corrected chi connectivity index (χ1v) is 19.3. The molecule has 1 saturated heterocycles. The summed E-state index contributed by atoms with van der Waals surface area (Å²) in [6.45, 7) is 2.59. The van der Waals surface area contributed by atoms with Gasteiger partial charge in [0.15, 0.2) is 0 Å². The molecule has 6 aromatic rings. The minimum atomic E-state index is -1.02. The van der Waals surface area contributed by atoms with E-state index in [1.54, 1.807) is 18.3 Å². The predicted octanol–water partition coefficient (Wildman–Crippen LogP) is 5.33. The number of carbonyl (C=O) groups is 4. The normalized spacial score (nSPS) is 18.6. The van der Waals surface area contributed by atoms with E-state index in [-0.39, 0.29) is 56.0 Å². The Bertz CT molecular complexity index is 2730. The zero-order valence-electron chi connectivity index (χ0n) is 32.3. The molecule has 6 heterocycles. The fourth-order valence-corrected chi connectivity index (χ4v) is 7.67. The predicted molar refractivity (Wildman–Crippen MR) is 215 cm³/mol. The average Bonchev–Trinajstić information content (AvgIpc) is 3.65. The smallest absolute Gasteiger partial charge is 0.262 e. The van der Waals surface area contributed by atoms with Gasteiger partial charge in [-0.2, -0.15) is 0 Å².